The normalized spacial score (nSPS) is 20.8. The Bertz CT molecular complexity index is 1090. The third kappa shape index (κ3) is 6.08. The number of quaternary nitrogens is 1. The van der Waals surface area contributed by atoms with Crippen LogP contribution in [-0.2, 0) is 11.3 Å². The molecule has 1 saturated heterocycles. The van der Waals surface area contributed by atoms with Gasteiger partial charge in [-0.1, -0.05) is 23.7 Å². The Hall–Kier alpha value is -3.44. The molecule has 1 aliphatic rings. The molecular formula is C21H28ClN8O3+. The Kier molecular flexibility index (Phi) is 7.34. The summed E-state index contributed by atoms with van der Waals surface area (Å²) in [6.07, 6.45) is 1.77. The van der Waals surface area contributed by atoms with E-state index in [4.69, 9.17) is 33.5 Å². The molecule has 1 amide bonds. The molecule has 1 aromatic heterocycles. The van der Waals surface area contributed by atoms with E-state index in [-0.39, 0.29) is 40.5 Å². The molecule has 0 saturated carbocycles. The first kappa shape index (κ1) is 24.2. The van der Waals surface area contributed by atoms with Crippen molar-refractivity contribution >= 4 is 41.1 Å². The Morgan fingerprint density at radius 3 is 2.79 bits per heavy atom. The number of methoxy groups -OCH3 is 1. The number of hydrogen-bond donors (Lipinski definition) is 4. The van der Waals surface area contributed by atoms with Crippen LogP contribution in [0.2, 0.25) is 5.15 Å². The number of hydrogen-bond acceptors (Lipinski definition) is 8. The first-order chi connectivity index (χ1) is 15.6. The lowest BCUT2D eigenvalue weighted by molar-refractivity contribution is -0.927. The van der Waals surface area contributed by atoms with E-state index in [0.717, 1.165) is 31.5 Å². The van der Waals surface area contributed by atoms with Gasteiger partial charge in [0, 0.05) is 5.56 Å². The molecule has 33 heavy (non-hydrogen) atoms. The highest BCUT2D eigenvalue weighted by atomic mass is 35.5. The third-order valence-electron chi connectivity index (χ3n) is 5.48. The fourth-order valence-corrected chi connectivity index (χ4v) is 4.14. The van der Waals surface area contributed by atoms with E-state index in [1.54, 1.807) is 6.07 Å². The number of carbonyl (C=O) groups excluding carboxylic acids is 2. The summed E-state index contributed by atoms with van der Waals surface area (Å²) in [7, 11) is 3.50. The van der Waals surface area contributed by atoms with Gasteiger partial charge in [-0.2, -0.15) is 0 Å². The molecule has 3 rings (SSSR count). The molecule has 1 aliphatic heterocycles. The zero-order valence-corrected chi connectivity index (χ0v) is 19.3. The Morgan fingerprint density at radius 2 is 2.06 bits per heavy atom. The van der Waals surface area contributed by atoms with Crippen LogP contribution in [-0.4, -0.2) is 65.6 Å². The fourth-order valence-electron chi connectivity index (χ4n) is 4.02. The fraction of sp³-hybridized carbons (Fsp3) is 0.381. The van der Waals surface area contributed by atoms with E-state index in [2.05, 4.69) is 27.3 Å². The number of anilines is 2. The number of nitrogen functional groups attached to an aromatic ring is 2. The second kappa shape index (κ2) is 10.0. The lowest BCUT2D eigenvalue weighted by Crippen LogP contribution is -2.52. The van der Waals surface area contributed by atoms with Gasteiger partial charge < -0.3 is 26.4 Å². The predicted octanol–water partition coefficient (Wildman–Crippen LogP) is 0.935. The van der Waals surface area contributed by atoms with Crippen LogP contribution in [0.15, 0.2) is 29.3 Å². The number of guanidine groups is 1. The van der Waals surface area contributed by atoms with Crippen molar-refractivity contribution in [3.05, 3.63) is 46.2 Å². The number of nitrogens with zero attached hydrogens (tertiary/aromatic N) is 4. The van der Waals surface area contributed by atoms with Crippen molar-refractivity contribution in [2.45, 2.75) is 25.4 Å². The van der Waals surface area contributed by atoms with Gasteiger partial charge in [0.2, 0.25) is 0 Å². The van der Waals surface area contributed by atoms with Crippen molar-refractivity contribution in [2.75, 3.05) is 38.7 Å². The van der Waals surface area contributed by atoms with Gasteiger partial charge in [-0.25, -0.2) is 19.8 Å². The average molecular weight is 476 g/mol. The van der Waals surface area contributed by atoms with Gasteiger partial charge in [-0.15, -0.1) is 0 Å². The minimum Gasteiger partial charge on any atom is -0.465 e. The van der Waals surface area contributed by atoms with Crippen LogP contribution in [0.25, 0.3) is 0 Å². The van der Waals surface area contributed by atoms with Crippen molar-refractivity contribution in [2.24, 2.45) is 10.7 Å². The van der Waals surface area contributed by atoms with Crippen LogP contribution < -0.4 is 22.5 Å². The molecular weight excluding hydrogens is 448 g/mol. The maximum absolute atomic E-state index is 12.5. The summed E-state index contributed by atoms with van der Waals surface area (Å²) in [4.78, 5) is 36.4. The predicted molar refractivity (Wildman–Crippen MR) is 125 cm³/mol. The van der Waals surface area contributed by atoms with Crippen molar-refractivity contribution in [1.82, 2.24) is 15.3 Å². The van der Waals surface area contributed by atoms with Gasteiger partial charge in [0.05, 0.1) is 26.3 Å². The number of amides is 1. The number of ether oxygens (including phenoxy) is 1. The van der Waals surface area contributed by atoms with Gasteiger partial charge in [0.1, 0.15) is 19.1 Å². The van der Waals surface area contributed by atoms with Gasteiger partial charge in [-0.3, -0.25) is 10.1 Å². The van der Waals surface area contributed by atoms with Gasteiger partial charge in [-0.05, 0) is 25.0 Å². The van der Waals surface area contributed by atoms with Crippen molar-refractivity contribution in [3.8, 4) is 0 Å². The minimum absolute atomic E-state index is 0.0414. The SMILES string of the molecule is COC(=O)c1cccc(C[N@+]2(C)CCCC(N=C(N)NC(=O)c3nc(Cl)c(N)nc3N)C2)c1. The average Bonchev–Trinajstić information content (AvgIpc) is 2.75. The molecule has 2 aromatic rings. The molecule has 12 heteroatoms. The molecule has 7 N–H and O–H groups in total. The standard InChI is InChI=1S/C21H27ClN8O3/c1-30(10-12-5-3-6-13(9-12)20(32)33-2)8-4-7-14(11-30)26-21(25)29-19(31)15-17(23)28-18(24)16(22)27-15/h3,5-6,9,14H,4,7-8,10-11H2,1-2H3,(H6-,23,24,25,26,28,29,31)/p+1/t14?,30-/m0/s1. The molecule has 0 aliphatic carbocycles. The van der Waals surface area contributed by atoms with E-state index >= 15 is 0 Å². The minimum atomic E-state index is -0.671. The third-order valence-corrected chi connectivity index (χ3v) is 5.76. The van der Waals surface area contributed by atoms with E-state index in [9.17, 15) is 9.59 Å². The highest BCUT2D eigenvalue weighted by Gasteiger charge is 2.32. The maximum atomic E-state index is 12.5. The molecule has 1 unspecified atom stereocenters. The van der Waals surface area contributed by atoms with Crippen LogP contribution in [0.4, 0.5) is 11.6 Å². The second-order valence-electron chi connectivity index (χ2n) is 8.27. The molecule has 0 spiro atoms. The smallest absolute Gasteiger partial charge is 0.337 e. The maximum Gasteiger partial charge on any atom is 0.337 e. The van der Waals surface area contributed by atoms with Gasteiger partial charge >= 0.3 is 5.97 Å². The molecule has 1 aromatic carbocycles. The van der Waals surface area contributed by atoms with Crippen LogP contribution in [0.5, 0.6) is 0 Å². The van der Waals surface area contributed by atoms with Crippen molar-refractivity contribution < 1.29 is 18.8 Å². The summed E-state index contributed by atoms with van der Waals surface area (Å²) < 4.78 is 5.52. The zero-order chi connectivity index (χ0) is 24.2. The monoisotopic (exact) mass is 475 g/mol. The van der Waals surface area contributed by atoms with Gasteiger partial charge in [0.25, 0.3) is 5.91 Å². The number of nitrogens with one attached hydrogen (secondary N) is 1. The second-order valence-corrected chi connectivity index (χ2v) is 8.63. The van der Waals surface area contributed by atoms with E-state index < -0.39 is 5.91 Å². The number of carbonyl (C=O) groups is 2. The number of benzene rings is 1. The summed E-state index contributed by atoms with van der Waals surface area (Å²) in [5.41, 5.74) is 18.6. The first-order valence-corrected chi connectivity index (χ1v) is 10.7. The molecule has 1 fully saturated rings. The summed E-state index contributed by atoms with van der Waals surface area (Å²) in [5, 5.41) is 2.36. The topological polar surface area (TPSA) is 172 Å². The van der Waals surface area contributed by atoms with Crippen molar-refractivity contribution in [3.63, 3.8) is 0 Å². The number of piperidine rings is 1. The summed E-state index contributed by atoms with van der Waals surface area (Å²) in [5.74, 6) is -1.30. The highest BCUT2D eigenvalue weighted by Crippen LogP contribution is 2.23. The number of esters is 1. The molecule has 0 bridgehead atoms. The van der Waals surface area contributed by atoms with Crippen LogP contribution >= 0.6 is 11.6 Å². The lowest BCUT2D eigenvalue weighted by Gasteiger charge is -2.40. The summed E-state index contributed by atoms with van der Waals surface area (Å²) in [6, 6.07) is 7.32. The summed E-state index contributed by atoms with van der Waals surface area (Å²) >= 11 is 5.83. The highest BCUT2D eigenvalue weighted by molar-refractivity contribution is 6.31. The number of aliphatic imine (C=N–C) groups is 1. The molecule has 176 valence electrons. The van der Waals surface area contributed by atoms with Crippen LogP contribution in [0.3, 0.4) is 0 Å². The first-order valence-electron chi connectivity index (χ1n) is 10.3. The number of rotatable bonds is 5. The number of halogens is 1. The number of aromatic nitrogens is 2. The van der Waals surface area contributed by atoms with Gasteiger partial charge in [0.15, 0.2) is 28.4 Å². The Morgan fingerprint density at radius 1 is 1.30 bits per heavy atom. The van der Waals surface area contributed by atoms with Crippen molar-refractivity contribution in [1.29, 1.82) is 0 Å². The number of likely N-dealkylation sites (tertiary alicyclic amines) is 1. The molecule has 2 atom stereocenters. The molecule has 0 radical (unpaired) electrons. The van der Waals surface area contributed by atoms with Crippen LogP contribution in [0.1, 0.15) is 39.3 Å². The lowest BCUT2D eigenvalue weighted by atomic mass is 10.0. The van der Waals surface area contributed by atoms with Crippen LogP contribution in [0, 0.1) is 0 Å². The van der Waals surface area contributed by atoms with E-state index in [0.29, 0.717) is 16.6 Å². The van der Waals surface area contributed by atoms with E-state index in [1.807, 2.05) is 18.2 Å². The van der Waals surface area contributed by atoms with E-state index in [1.165, 1.54) is 7.11 Å². The molecule has 2 heterocycles. The summed E-state index contributed by atoms with van der Waals surface area (Å²) in [6.45, 7) is 2.39. The number of likely N-dealkylation sites (N-methyl/N-ethyl adjacent to an activating group) is 1. The Labute approximate surface area is 196 Å². The largest absolute Gasteiger partial charge is 0.465 e. The Balaban J connectivity index is 1.67. The quantitative estimate of drug-likeness (QED) is 0.214. The molecule has 11 nitrogen and oxygen atoms in total. The zero-order valence-electron chi connectivity index (χ0n) is 18.5. The number of nitrogens with two attached hydrogens (primary N) is 3.